The van der Waals surface area contributed by atoms with Crippen molar-refractivity contribution < 1.29 is 8.78 Å². The molecule has 0 bridgehead atoms. The van der Waals surface area contributed by atoms with E-state index < -0.39 is 11.6 Å². The van der Waals surface area contributed by atoms with E-state index in [4.69, 9.17) is 10.8 Å². The summed E-state index contributed by atoms with van der Waals surface area (Å²) in [6.07, 6.45) is 1.15. The fourth-order valence-corrected chi connectivity index (χ4v) is 3.71. The lowest BCUT2D eigenvalue weighted by Gasteiger charge is -2.09. The highest BCUT2D eigenvalue weighted by molar-refractivity contribution is 9.10. The van der Waals surface area contributed by atoms with Crippen molar-refractivity contribution in [3.8, 4) is 0 Å². The Bertz CT molecular complexity index is 1060. The predicted octanol–water partition coefficient (Wildman–Crippen LogP) is 3.14. The van der Waals surface area contributed by atoms with Gasteiger partial charge in [-0.2, -0.15) is 9.78 Å². The number of nitrogens with one attached hydrogen (secondary N) is 2. The molecule has 2 aromatic heterocycles. The number of aromatic nitrogens is 3. The zero-order valence-electron chi connectivity index (χ0n) is 14.0. The Morgan fingerprint density at radius 2 is 2.08 bits per heavy atom. The first-order valence-electron chi connectivity index (χ1n) is 7.54. The maximum absolute atomic E-state index is 14.8. The fraction of sp³-hybridized carbons (Fsp3) is 0.250. The van der Waals surface area contributed by atoms with Crippen LogP contribution in [-0.2, 0) is 13.0 Å². The van der Waals surface area contributed by atoms with E-state index in [1.165, 1.54) is 12.3 Å². The summed E-state index contributed by atoms with van der Waals surface area (Å²) in [6, 6.07) is 2.67. The highest BCUT2D eigenvalue weighted by Gasteiger charge is 2.18. The van der Waals surface area contributed by atoms with Crippen LogP contribution in [0.5, 0.6) is 0 Å². The van der Waals surface area contributed by atoms with Crippen LogP contribution in [-0.4, -0.2) is 39.6 Å². The molecule has 0 spiro atoms. The molecule has 2 heterocycles. The summed E-state index contributed by atoms with van der Waals surface area (Å²) < 4.78 is 30.8. The summed E-state index contributed by atoms with van der Waals surface area (Å²) >= 11 is 4.35. The molecule has 6 nitrogen and oxygen atoms in total. The molecule has 26 heavy (non-hydrogen) atoms. The van der Waals surface area contributed by atoms with Crippen LogP contribution in [0.15, 0.2) is 22.8 Å². The zero-order valence-corrected chi connectivity index (χ0v) is 16.4. The molecular formula is C16H15BrF2N6S. The Hall–Kier alpha value is -2.04. The molecule has 0 radical (unpaired) electrons. The highest BCUT2D eigenvalue weighted by atomic mass is 79.9. The van der Waals surface area contributed by atoms with E-state index in [9.17, 15) is 8.78 Å². The van der Waals surface area contributed by atoms with E-state index in [0.29, 0.717) is 16.0 Å². The van der Waals surface area contributed by atoms with Crippen LogP contribution in [0, 0.1) is 22.5 Å². The van der Waals surface area contributed by atoms with Gasteiger partial charge in [-0.05, 0) is 36.1 Å². The van der Waals surface area contributed by atoms with Crippen LogP contribution in [0.4, 0.5) is 8.78 Å². The normalized spacial score (nSPS) is 11.5. The van der Waals surface area contributed by atoms with Gasteiger partial charge in [-0.25, -0.2) is 8.78 Å². The van der Waals surface area contributed by atoms with Crippen molar-refractivity contribution in [2.24, 2.45) is 0 Å². The Morgan fingerprint density at radius 3 is 2.77 bits per heavy atom. The van der Waals surface area contributed by atoms with Gasteiger partial charge < -0.3 is 4.90 Å². The average molecular weight is 441 g/mol. The van der Waals surface area contributed by atoms with Gasteiger partial charge >= 0.3 is 0 Å². The molecule has 1 aromatic carbocycles. The number of benzene rings is 1. The second-order valence-electron chi connectivity index (χ2n) is 5.95. The van der Waals surface area contributed by atoms with E-state index in [2.05, 4.69) is 26.0 Å². The largest absolute Gasteiger partial charge is 0.303 e. The van der Waals surface area contributed by atoms with Crippen molar-refractivity contribution in [1.29, 1.82) is 10.8 Å². The highest BCUT2D eigenvalue weighted by Crippen LogP contribution is 2.25. The minimum atomic E-state index is -0.773. The number of rotatable bonds is 4. The lowest BCUT2D eigenvalue weighted by atomic mass is 10.1. The number of hydrogen-bond donors (Lipinski definition) is 2. The van der Waals surface area contributed by atoms with Crippen molar-refractivity contribution in [2.75, 3.05) is 14.1 Å². The zero-order chi connectivity index (χ0) is 19.0. The molecule has 2 N–H and O–H groups in total. The molecule has 0 saturated carbocycles. The number of hydrogen-bond acceptors (Lipinski definition) is 6. The quantitative estimate of drug-likeness (QED) is 0.482. The first-order chi connectivity index (χ1) is 12.3. The Kier molecular flexibility index (Phi) is 5.26. The summed E-state index contributed by atoms with van der Waals surface area (Å²) in [4.78, 5) is 5.92. The van der Waals surface area contributed by atoms with E-state index >= 15 is 0 Å². The van der Waals surface area contributed by atoms with Gasteiger partial charge in [0.1, 0.15) is 22.5 Å². The number of halogens is 3. The molecule has 0 aliphatic rings. The number of fused-ring (bicyclic) bond motifs is 1. The summed E-state index contributed by atoms with van der Waals surface area (Å²) in [7, 11) is 3.74. The molecule has 136 valence electrons. The third kappa shape index (κ3) is 3.71. The van der Waals surface area contributed by atoms with Crippen LogP contribution >= 0.6 is 27.3 Å². The lowest BCUT2D eigenvalue weighted by molar-refractivity contribution is 0.399. The average Bonchev–Trinajstić information content (AvgIpc) is 2.92. The summed E-state index contributed by atoms with van der Waals surface area (Å²) in [5, 5.41) is 21.1. The third-order valence-corrected chi connectivity index (χ3v) is 4.85. The van der Waals surface area contributed by atoms with E-state index in [1.54, 1.807) is 0 Å². The number of nitrogens with zero attached hydrogens (tertiary/aromatic N) is 4. The molecule has 0 atom stereocenters. The van der Waals surface area contributed by atoms with E-state index in [0.717, 1.165) is 22.1 Å². The Labute approximate surface area is 160 Å². The fourth-order valence-electron chi connectivity index (χ4n) is 2.47. The minimum Gasteiger partial charge on any atom is -0.303 e. The first kappa shape index (κ1) is 18.7. The van der Waals surface area contributed by atoms with Gasteiger partial charge in [-0.3, -0.25) is 15.8 Å². The van der Waals surface area contributed by atoms with Gasteiger partial charge in [-0.15, -0.1) is 0 Å². The van der Waals surface area contributed by atoms with Crippen molar-refractivity contribution >= 4 is 44.0 Å². The molecule has 3 rings (SSSR count). The van der Waals surface area contributed by atoms with Gasteiger partial charge in [0, 0.05) is 34.1 Å². The third-order valence-electron chi connectivity index (χ3n) is 3.61. The maximum atomic E-state index is 14.8. The molecule has 3 aromatic rings. The molecule has 0 fully saturated rings. The van der Waals surface area contributed by atoms with Crippen LogP contribution in [0.1, 0.15) is 10.6 Å². The SMILES string of the molecule is CN(C)Cc1nn(C(=N)Cc2c(F)cc3ncc(Br)cc3c2F)c(=N)s1. The molecule has 10 heteroatoms. The molecule has 0 saturated heterocycles. The van der Waals surface area contributed by atoms with Crippen LogP contribution < -0.4 is 4.80 Å². The van der Waals surface area contributed by atoms with Gasteiger partial charge in [0.2, 0.25) is 4.80 Å². The maximum Gasteiger partial charge on any atom is 0.206 e. The molecular weight excluding hydrogens is 426 g/mol. The van der Waals surface area contributed by atoms with Crippen LogP contribution in [0.2, 0.25) is 0 Å². The van der Waals surface area contributed by atoms with Crippen molar-refractivity contribution in [2.45, 2.75) is 13.0 Å². The second kappa shape index (κ2) is 7.29. The Balaban J connectivity index is 1.97. The van der Waals surface area contributed by atoms with Gasteiger partial charge in [-0.1, -0.05) is 11.3 Å². The second-order valence-corrected chi connectivity index (χ2v) is 7.92. The monoisotopic (exact) mass is 440 g/mol. The molecule has 0 aliphatic carbocycles. The van der Waals surface area contributed by atoms with Gasteiger partial charge in [0.25, 0.3) is 0 Å². The van der Waals surface area contributed by atoms with Crippen LogP contribution in [0.25, 0.3) is 10.9 Å². The molecule has 0 aliphatic heterocycles. The minimum absolute atomic E-state index is 0.0397. The van der Waals surface area contributed by atoms with Gasteiger partial charge in [0.15, 0.2) is 0 Å². The van der Waals surface area contributed by atoms with Crippen molar-refractivity contribution in [1.82, 2.24) is 19.7 Å². The lowest BCUT2D eigenvalue weighted by Crippen LogP contribution is -2.26. The summed E-state index contributed by atoms with van der Waals surface area (Å²) in [5.74, 6) is -1.70. The van der Waals surface area contributed by atoms with Gasteiger partial charge in [0.05, 0.1) is 12.1 Å². The first-order valence-corrected chi connectivity index (χ1v) is 9.15. The van der Waals surface area contributed by atoms with Crippen molar-refractivity contribution in [3.05, 3.63) is 49.8 Å². The topological polar surface area (TPSA) is 81.7 Å². The molecule has 0 amide bonds. The Morgan fingerprint density at radius 1 is 1.35 bits per heavy atom. The van der Waals surface area contributed by atoms with E-state index in [-0.39, 0.29) is 33.5 Å². The summed E-state index contributed by atoms with van der Waals surface area (Å²) in [5.41, 5.74) is -0.0364. The predicted molar refractivity (Wildman–Crippen MR) is 99.5 cm³/mol. The van der Waals surface area contributed by atoms with Crippen LogP contribution in [0.3, 0.4) is 0 Å². The standard InChI is InChI=1S/C16H15BrF2N6S/c1-24(2)7-14-23-25(16(21)26-14)13(20)4-9-11(18)5-12-10(15(9)19)3-8(17)6-22-12/h3,5-6,20-21H,4,7H2,1-2H3. The summed E-state index contributed by atoms with van der Waals surface area (Å²) in [6.45, 7) is 0.523. The smallest absolute Gasteiger partial charge is 0.206 e. The molecule has 0 unspecified atom stereocenters. The number of pyridine rings is 1. The van der Waals surface area contributed by atoms with Crippen molar-refractivity contribution in [3.63, 3.8) is 0 Å². The van der Waals surface area contributed by atoms with E-state index in [1.807, 2.05) is 19.0 Å².